The zero-order valence-corrected chi connectivity index (χ0v) is 42.3. The first kappa shape index (κ1) is 49.6. The number of rotatable bonds is 0. The van der Waals surface area contributed by atoms with Gasteiger partial charge >= 0.3 is 0 Å². The van der Waals surface area contributed by atoms with Crippen LogP contribution in [0.1, 0.15) is 132 Å². The highest BCUT2D eigenvalue weighted by molar-refractivity contribution is 5.79. The van der Waals surface area contributed by atoms with E-state index in [2.05, 4.69) is 215 Å². The monoisotopic (exact) mass is 896 g/mol. The highest BCUT2D eigenvalue weighted by Crippen LogP contribution is 2.27. The van der Waals surface area contributed by atoms with Gasteiger partial charge in [-0.3, -0.25) is 15.0 Å². The average Bonchev–Trinajstić information content (AvgIpc) is 4.06. The third-order valence-corrected chi connectivity index (χ3v) is 11.2. The fourth-order valence-electron chi connectivity index (χ4n) is 6.82. The van der Waals surface area contributed by atoms with Crippen LogP contribution < -0.4 is 0 Å². The molecular weight excluding hydrogens is 827 g/mol. The smallest absolute Gasteiger partial charge is 0.155 e. The Morgan fingerprint density at radius 3 is 1.58 bits per heavy atom. The second kappa shape index (κ2) is 19.9. The van der Waals surface area contributed by atoms with Crippen molar-refractivity contribution >= 4 is 38.9 Å². The number of benzene rings is 1. The number of imidazole rings is 1. The van der Waals surface area contributed by atoms with E-state index in [4.69, 9.17) is 0 Å². The Morgan fingerprint density at radius 1 is 0.373 bits per heavy atom. The first-order chi connectivity index (χ1) is 31.4. The molecule has 0 amide bonds. The van der Waals surface area contributed by atoms with Gasteiger partial charge in [-0.15, -0.1) is 0 Å². The second-order valence-corrected chi connectivity index (χ2v) is 22.0. The van der Waals surface area contributed by atoms with Gasteiger partial charge in [-0.2, -0.15) is 10.2 Å². The van der Waals surface area contributed by atoms with Gasteiger partial charge in [0.05, 0.1) is 16.6 Å². The SMILES string of the molecule is CC(C)(C)c1ccc2ncccc2c1.CC(C)(C)c1ccc2ncccc2n1.CC(C)(C)c1ccc2nccn2c1.CC(C)(C)c1ccc2ncnn2c1.CC(C)(C)c1ccn2ncnc2c1. The molecule has 0 saturated carbocycles. The van der Waals surface area contributed by atoms with Gasteiger partial charge in [0, 0.05) is 59.9 Å². The Labute approximate surface area is 396 Å². The molecule has 1 aromatic carbocycles. The summed E-state index contributed by atoms with van der Waals surface area (Å²) in [6, 6.07) is 31.0. The maximum Gasteiger partial charge on any atom is 0.155 e. The summed E-state index contributed by atoms with van der Waals surface area (Å²) in [6.07, 6.45) is 16.7. The van der Waals surface area contributed by atoms with Crippen molar-refractivity contribution in [2.24, 2.45) is 0 Å². The van der Waals surface area contributed by atoms with E-state index in [1.807, 2.05) is 61.3 Å². The topological polar surface area (TPSA) is 116 Å². The molecule has 0 unspecified atom stereocenters. The molecule has 0 bridgehead atoms. The van der Waals surface area contributed by atoms with Gasteiger partial charge in [-0.25, -0.2) is 24.0 Å². The zero-order valence-electron chi connectivity index (χ0n) is 42.3. The molecule has 10 rings (SSSR count). The molecule has 0 fully saturated rings. The van der Waals surface area contributed by atoms with Gasteiger partial charge in [0.1, 0.15) is 18.3 Å². The Morgan fingerprint density at radius 2 is 0.925 bits per heavy atom. The zero-order chi connectivity index (χ0) is 48.8. The molecule has 10 aromatic rings. The number of aromatic nitrogens is 11. The van der Waals surface area contributed by atoms with Gasteiger partial charge in [0.15, 0.2) is 11.3 Å². The van der Waals surface area contributed by atoms with Crippen molar-refractivity contribution in [1.29, 1.82) is 0 Å². The predicted octanol–water partition coefficient (Wildman–Crippen LogP) is 13.1. The lowest BCUT2D eigenvalue weighted by Gasteiger charge is -2.19. The standard InChI is InChI=1S/C13H15N.C12H14N2.C11H14N2.2C10H13N3/c1-13(2,3)11-6-7-12-10(9-11)5-4-8-14-12;1-12(2,3)11-7-6-9-10(14-11)5-4-8-13-9;1-11(2,3)9-4-5-10-12-6-7-13(10)8-9;1-10(2,3)8-4-5-13-9(6-8)11-7-12-13;1-10(2,3)8-4-5-9-11-7-12-13(9)6-8/h4-9H,1-3H3;4-8H,1-3H3;4-8H,1-3H3;2*4-7H,1-3H3. The summed E-state index contributed by atoms with van der Waals surface area (Å²) in [6.45, 7) is 32.9. The number of hydrogen-bond donors (Lipinski definition) is 0. The fourth-order valence-corrected chi connectivity index (χ4v) is 6.82. The summed E-state index contributed by atoms with van der Waals surface area (Å²) in [4.78, 5) is 25.6. The molecule has 0 saturated heterocycles. The molecule has 0 atom stereocenters. The molecule has 11 nitrogen and oxygen atoms in total. The fraction of sp³-hybridized carbons (Fsp3) is 0.357. The number of hydrogen-bond acceptors (Lipinski definition) is 8. The van der Waals surface area contributed by atoms with Crippen LogP contribution in [0.15, 0.2) is 147 Å². The van der Waals surface area contributed by atoms with E-state index < -0.39 is 0 Å². The molecule has 11 heteroatoms. The van der Waals surface area contributed by atoms with Crippen molar-refractivity contribution in [3.63, 3.8) is 0 Å². The van der Waals surface area contributed by atoms with Crippen molar-refractivity contribution in [1.82, 2.24) is 53.5 Å². The highest BCUT2D eigenvalue weighted by Gasteiger charge is 2.18. The first-order valence-electron chi connectivity index (χ1n) is 23.0. The Bertz CT molecular complexity index is 2890. The molecule has 0 N–H and O–H groups in total. The third-order valence-electron chi connectivity index (χ3n) is 11.2. The quantitative estimate of drug-likeness (QED) is 0.148. The summed E-state index contributed by atoms with van der Waals surface area (Å²) >= 11 is 0. The summed E-state index contributed by atoms with van der Waals surface area (Å²) < 4.78 is 5.64. The molecule has 9 aromatic heterocycles. The lowest BCUT2D eigenvalue weighted by molar-refractivity contribution is 0.571. The van der Waals surface area contributed by atoms with Gasteiger partial charge in [0.2, 0.25) is 0 Å². The summed E-state index contributed by atoms with van der Waals surface area (Å²) in [5, 5.41) is 9.37. The Balaban J connectivity index is 0.000000138. The van der Waals surface area contributed by atoms with Crippen LogP contribution in [0.3, 0.4) is 0 Å². The minimum Gasteiger partial charge on any atom is -0.307 e. The molecule has 9 heterocycles. The first-order valence-corrected chi connectivity index (χ1v) is 23.0. The van der Waals surface area contributed by atoms with Crippen LogP contribution in [0.5, 0.6) is 0 Å². The van der Waals surface area contributed by atoms with Crippen molar-refractivity contribution in [2.75, 3.05) is 0 Å². The maximum absolute atomic E-state index is 4.58. The van der Waals surface area contributed by atoms with Gasteiger partial charge in [-0.05, 0) is 111 Å². The maximum atomic E-state index is 4.58. The van der Waals surface area contributed by atoms with Crippen LogP contribution in [0.2, 0.25) is 0 Å². The third kappa shape index (κ3) is 13.4. The van der Waals surface area contributed by atoms with Crippen LogP contribution in [0.4, 0.5) is 0 Å². The molecule has 0 spiro atoms. The highest BCUT2D eigenvalue weighted by atomic mass is 15.3. The van der Waals surface area contributed by atoms with Gasteiger partial charge in [0.25, 0.3) is 0 Å². The second-order valence-electron chi connectivity index (χ2n) is 22.0. The molecule has 67 heavy (non-hydrogen) atoms. The minimum atomic E-state index is 0.101. The van der Waals surface area contributed by atoms with E-state index in [0.717, 1.165) is 39.2 Å². The lowest BCUT2D eigenvalue weighted by atomic mass is 9.86. The molecule has 0 aliphatic carbocycles. The van der Waals surface area contributed by atoms with Crippen LogP contribution >= 0.6 is 0 Å². The van der Waals surface area contributed by atoms with Crippen LogP contribution in [-0.2, 0) is 27.1 Å². The number of nitrogens with zero attached hydrogens (tertiary/aromatic N) is 11. The molecule has 348 valence electrons. The van der Waals surface area contributed by atoms with Crippen molar-refractivity contribution < 1.29 is 0 Å². The lowest BCUT2D eigenvalue weighted by Crippen LogP contribution is -2.13. The summed E-state index contributed by atoms with van der Waals surface area (Å²) in [5.74, 6) is 0. The van der Waals surface area contributed by atoms with Crippen LogP contribution in [0.25, 0.3) is 38.9 Å². The number of fused-ring (bicyclic) bond motifs is 5. The van der Waals surface area contributed by atoms with E-state index in [1.54, 1.807) is 27.9 Å². The van der Waals surface area contributed by atoms with Gasteiger partial charge in [-0.1, -0.05) is 128 Å². The van der Waals surface area contributed by atoms with E-state index >= 15 is 0 Å². The van der Waals surface area contributed by atoms with Crippen molar-refractivity contribution in [3.05, 3.63) is 175 Å². The Hall–Kier alpha value is -6.88. The average molecular weight is 896 g/mol. The molecular formula is C56H69N11. The van der Waals surface area contributed by atoms with E-state index in [9.17, 15) is 0 Å². The van der Waals surface area contributed by atoms with E-state index in [0.29, 0.717) is 0 Å². The minimum absolute atomic E-state index is 0.101. The van der Waals surface area contributed by atoms with Gasteiger partial charge < -0.3 is 4.40 Å². The van der Waals surface area contributed by atoms with E-state index in [1.165, 1.54) is 27.6 Å². The molecule has 0 aliphatic heterocycles. The van der Waals surface area contributed by atoms with Crippen molar-refractivity contribution in [3.8, 4) is 0 Å². The van der Waals surface area contributed by atoms with Crippen molar-refractivity contribution in [2.45, 2.75) is 131 Å². The van der Waals surface area contributed by atoms with E-state index in [-0.39, 0.29) is 27.1 Å². The largest absolute Gasteiger partial charge is 0.307 e. The molecule has 0 radical (unpaired) electrons. The van der Waals surface area contributed by atoms with Crippen LogP contribution in [-0.4, -0.2) is 53.5 Å². The predicted molar refractivity (Wildman–Crippen MR) is 276 cm³/mol. The molecule has 0 aliphatic rings. The van der Waals surface area contributed by atoms with Crippen LogP contribution in [0, 0.1) is 0 Å². The summed E-state index contributed by atoms with van der Waals surface area (Å²) in [5.41, 5.74) is 13.0. The summed E-state index contributed by atoms with van der Waals surface area (Å²) in [7, 11) is 0. The Kier molecular flexibility index (Phi) is 14.7. The normalized spacial score (nSPS) is 12.1. The number of pyridine rings is 6.